The van der Waals surface area contributed by atoms with E-state index in [0.717, 1.165) is 53.0 Å². The van der Waals surface area contributed by atoms with Crippen LogP contribution in [-0.4, -0.2) is 44.8 Å². The number of pyridine rings is 3. The number of carboxylic acids is 1. The molecule has 0 saturated heterocycles. The van der Waals surface area contributed by atoms with Crippen LogP contribution in [0.1, 0.15) is 23.8 Å². The topological polar surface area (TPSA) is 99.4 Å². The predicted octanol–water partition coefficient (Wildman–Crippen LogP) is 8.97. The minimum absolute atomic E-state index is 0. The fourth-order valence-corrected chi connectivity index (χ4v) is 5.17. The van der Waals surface area contributed by atoms with Crippen LogP contribution in [0.15, 0.2) is 97.5 Å². The average Bonchev–Trinajstić information content (AvgIpc) is 3.44. The first-order chi connectivity index (χ1) is 24.6. The van der Waals surface area contributed by atoms with Gasteiger partial charge in [0, 0.05) is 78.6 Å². The number of para-hydroxylation sites is 1. The number of rotatable bonds is 7. The van der Waals surface area contributed by atoms with Crippen LogP contribution in [0, 0.1) is 35.4 Å². The number of hydrogen-bond acceptors (Lipinski definition) is 6. The van der Waals surface area contributed by atoms with Gasteiger partial charge >= 0.3 is 5.97 Å². The van der Waals surface area contributed by atoms with Gasteiger partial charge < -0.3 is 29.1 Å². The minimum Gasteiger partial charge on any atom is -0.497 e. The van der Waals surface area contributed by atoms with Gasteiger partial charge in [0.1, 0.15) is 17.2 Å². The largest absolute Gasteiger partial charge is 0.497 e. The predicted molar refractivity (Wildman–Crippen MR) is 184 cm³/mol. The van der Waals surface area contributed by atoms with E-state index in [2.05, 4.69) is 44.6 Å². The van der Waals surface area contributed by atoms with Crippen LogP contribution in [0.4, 0.5) is 17.6 Å². The first-order valence-electron chi connectivity index (χ1n) is 15.5. The Kier molecular flexibility index (Phi) is 13.6. The second kappa shape index (κ2) is 18.0. The Morgan fingerprint density at radius 2 is 1.48 bits per heavy atom. The van der Waals surface area contributed by atoms with E-state index in [-0.39, 0.29) is 36.9 Å². The van der Waals surface area contributed by atoms with Crippen LogP contribution >= 0.6 is 0 Å². The number of ether oxygens (including phenoxy) is 2. The van der Waals surface area contributed by atoms with E-state index >= 15 is 0 Å². The van der Waals surface area contributed by atoms with Crippen molar-refractivity contribution in [2.75, 3.05) is 14.2 Å². The molecule has 0 bridgehead atoms. The standard InChI is InChI=1S/C15H14N2O2.2C12H8F2NO.Ir/c1-2-7-17-13-6-4-3-5-10(13)11-8-12(15(18)19)16-9-14(11)17;1-16-11-2-3-15-12(7-11)8-4-9(13)6-10(14)5-8;1-16-9-4-5-15-12(7-9)10-3-2-8(13)6-11(10)14;/h3-6,8-9H,2,7H2,1H3,(H,18,19);2-4,6-7H,1H3;2,4-7H,1H3;/q;2*-1;. The number of carbonyl (C=O) groups is 1. The maximum Gasteiger partial charge on any atom is 0.354 e. The van der Waals surface area contributed by atoms with Gasteiger partial charge in [-0.15, -0.1) is 29.8 Å². The van der Waals surface area contributed by atoms with Gasteiger partial charge in [-0.25, -0.2) is 18.6 Å². The number of fused-ring (bicyclic) bond motifs is 3. The number of hydrogen-bond donors (Lipinski definition) is 1. The molecule has 52 heavy (non-hydrogen) atoms. The average molecular weight is 887 g/mol. The van der Waals surface area contributed by atoms with Gasteiger partial charge in [0.25, 0.3) is 0 Å². The molecule has 4 heterocycles. The number of benzene rings is 3. The van der Waals surface area contributed by atoms with Gasteiger partial charge in [0.2, 0.25) is 0 Å². The molecule has 0 aliphatic rings. The zero-order valence-corrected chi connectivity index (χ0v) is 30.4. The van der Waals surface area contributed by atoms with Gasteiger partial charge in [0.15, 0.2) is 0 Å². The van der Waals surface area contributed by atoms with E-state index in [9.17, 15) is 22.4 Å². The van der Waals surface area contributed by atoms with Gasteiger partial charge in [-0.1, -0.05) is 42.8 Å². The summed E-state index contributed by atoms with van der Waals surface area (Å²) in [6.45, 7) is 3.03. The summed E-state index contributed by atoms with van der Waals surface area (Å²) in [5.74, 6) is -2.63. The summed E-state index contributed by atoms with van der Waals surface area (Å²) in [5.41, 5.74) is 3.37. The van der Waals surface area contributed by atoms with Crippen molar-refractivity contribution in [3.8, 4) is 34.0 Å². The smallest absolute Gasteiger partial charge is 0.354 e. The summed E-state index contributed by atoms with van der Waals surface area (Å²) in [6.07, 6.45) is 5.68. The molecule has 4 aromatic heterocycles. The number of aryl methyl sites for hydroxylation is 1. The normalized spacial score (nSPS) is 10.4. The van der Waals surface area contributed by atoms with Crippen molar-refractivity contribution >= 4 is 27.8 Å². The van der Waals surface area contributed by atoms with Crippen molar-refractivity contribution in [2.24, 2.45) is 0 Å². The summed E-state index contributed by atoms with van der Waals surface area (Å²) in [5, 5.41) is 11.1. The molecular weight excluding hydrogens is 857 g/mol. The second-order valence-electron chi connectivity index (χ2n) is 10.8. The molecular formula is C39H30F4IrN4O4-2. The Bertz CT molecular complexity index is 2300. The molecule has 1 N–H and O–H groups in total. The Morgan fingerprint density at radius 1 is 0.808 bits per heavy atom. The van der Waals surface area contributed by atoms with Crippen LogP contribution in [0.5, 0.6) is 11.5 Å². The van der Waals surface area contributed by atoms with Crippen molar-refractivity contribution in [3.63, 3.8) is 0 Å². The SMILES string of the molecule is CCCn1c2ccccc2c2cc(C(=O)O)ncc21.COc1ccnc(-c2[c-]c(F)cc(F)c2)c1.COc1ccnc(-c2[c-]cc(F)cc2F)c1.[Ir]. The number of aromatic nitrogens is 4. The summed E-state index contributed by atoms with van der Waals surface area (Å²) in [4.78, 5) is 23.0. The second-order valence-corrected chi connectivity index (χ2v) is 10.8. The van der Waals surface area contributed by atoms with Crippen LogP contribution in [0.25, 0.3) is 44.3 Å². The maximum absolute atomic E-state index is 13.4. The third kappa shape index (κ3) is 9.36. The molecule has 0 saturated carbocycles. The molecule has 0 amide bonds. The molecule has 13 heteroatoms. The Morgan fingerprint density at radius 3 is 2.12 bits per heavy atom. The quantitative estimate of drug-likeness (QED) is 0.126. The monoisotopic (exact) mass is 887 g/mol. The Labute approximate surface area is 310 Å². The van der Waals surface area contributed by atoms with Crippen LogP contribution < -0.4 is 9.47 Å². The number of methoxy groups -OCH3 is 2. The van der Waals surface area contributed by atoms with E-state index in [4.69, 9.17) is 14.6 Å². The van der Waals surface area contributed by atoms with E-state index in [1.54, 1.807) is 36.5 Å². The molecule has 0 fully saturated rings. The van der Waals surface area contributed by atoms with Crippen molar-refractivity contribution in [2.45, 2.75) is 19.9 Å². The molecule has 0 aliphatic carbocycles. The molecule has 0 unspecified atom stereocenters. The molecule has 0 spiro atoms. The van der Waals surface area contributed by atoms with Crippen LogP contribution in [0.2, 0.25) is 0 Å². The Hall–Kier alpha value is -5.65. The molecule has 7 aromatic rings. The summed E-state index contributed by atoms with van der Waals surface area (Å²) in [7, 11) is 3.01. The van der Waals surface area contributed by atoms with E-state index in [1.807, 2.05) is 18.2 Å². The van der Waals surface area contributed by atoms with Crippen molar-refractivity contribution in [3.05, 3.63) is 139 Å². The summed E-state index contributed by atoms with van der Waals surface area (Å²) >= 11 is 0. The molecule has 3 aromatic carbocycles. The van der Waals surface area contributed by atoms with Gasteiger partial charge in [0.05, 0.1) is 25.9 Å². The summed E-state index contributed by atoms with van der Waals surface area (Å²) in [6, 6.07) is 24.9. The number of nitrogens with zero attached hydrogens (tertiary/aromatic N) is 4. The van der Waals surface area contributed by atoms with Crippen LogP contribution in [-0.2, 0) is 26.7 Å². The molecule has 0 atom stereocenters. The Balaban J connectivity index is 0.000000174. The van der Waals surface area contributed by atoms with E-state index < -0.39 is 29.2 Å². The molecule has 7 rings (SSSR count). The van der Waals surface area contributed by atoms with Gasteiger partial charge in [-0.2, -0.15) is 0 Å². The maximum atomic E-state index is 13.4. The fourth-order valence-electron chi connectivity index (χ4n) is 5.17. The van der Waals surface area contributed by atoms with Crippen molar-refractivity contribution < 1.29 is 57.0 Å². The van der Waals surface area contributed by atoms with Gasteiger partial charge in [-0.3, -0.25) is 8.78 Å². The first-order valence-corrected chi connectivity index (χ1v) is 15.5. The number of halogens is 4. The third-order valence-electron chi connectivity index (χ3n) is 7.45. The molecule has 1 radical (unpaired) electrons. The first kappa shape index (κ1) is 39.1. The number of carboxylic acid groups (broad SMARTS) is 1. The fraction of sp³-hybridized carbons (Fsp3) is 0.128. The minimum atomic E-state index is -0.991. The molecule has 8 nitrogen and oxygen atoms in total. The zero-order valence-electron chi connectivity index (χ0n) is 28.0. The van der Waals surface area contributed by atoms with E-state index in [0.29, 0.717) is 22.9 Å². The van der Waals surface area contributed by atoms with Crippen molar-refractivity contribution in [1.82, 2.24) is 19.5 Å². The van der Waals surface area contributed by atoms with Crippen LogP contribution in [0.3, 0.4) is 0 Å². The summed E-state index contributed by atoms with van der Waals surface area (Å²) < 4.78 is 64.2. The molecule has 0 aliphatic heterocycles. The van der Waals surface area contributed by atoms with E-state index in [1.165, 1.54) is 32.7 Å². The third-order valence-corrected chi connectivity index (χ3v) is 7.45. The number of aromatic carboxylic acids is 1. The van der Waals surface area contributed by atoms with Gasteiger partial charge in [-0.05, 0) is 54.2 Å². The zero-order chi connectivity index (χ0) is 36.5. The molecule has 269 valence electrons. The van der Waals surface area contributed by atoms with Crippen molar-refractivity contribution in [1.29, 1.82) is 0 Å².